The molecule has 3 aromatic rings. The van der Waals surface area contributed by atoms with E-state index >= 15 is 0 Å². The van der Waals surface area contributed by atoms with Crippen LogP contribution in [-0.4, -0.2) is 28.0 Å². The van der Waals surface area contributed by atoms with Crippen LogP contribution >= 0.6 is 11.3 Å². The molecule has 0 bridgehead atoms. The Bertz CT molecular complexity index is 1210. The quantitative estimate of drug-likeness (QED) is 0.613. The first kappa shape index (κ1) is 20.9. The van der Waals surface area contributed by atoms with E-state index in [0.29, 0.717) is 10.6 Å². The van der Waals surface area contributed by atoms with Gasteiger partial charge in [0.05, 0.1) is 4.88 Å². The number of carbonyl (C=O) groups is 2. The lowest BCUT2D eigenvalue weighted by molar-refractivity contribution is -0.128. The van der Waals surface area contributed by atoms with E-state index < -0.39 is 5.60 Å². The average molecular weight is 434 g/mol. The number of Topliss-reactive ketones (excluding diaryl/α,β-unsaturated/α-hetero) is 1. The molecule has 158 valence electrons. The number of carbonyl (C=O) groups excluding carboxylic acids is 2. The highest BCUT2D eigenvalue weighted by atomic mass is 32.1. The van der Waals surface area contributed by atoms with E-state index in [1.54, 1.807) is 32.3 Å². The summed E-state index contributed by atoms with van der Waals surface area (Å²) < 4.78 is 0. The van der Waals surface area contributed by atoms with E-state index in [9.17, 15) is 9.59 Å². The number of anilines is 1. The molecule has 1 N–H and O–H groups in total. The number of amides is 1. The topological polar surface area (TPSA) is 80.6 Å². The summed E-state index contributed by atoms with van der Waals surface area (Å²) in [5.41, 5.74) is 3.87. The Hall–Kier alpha value is -3.32. The Balaban J connectivity index is 1.64. The van der Waals surface area contributed by atoms with Gasteiger partial charge in [-0.2, -0.15) is 0 Å². The number of nitrogens with one attached hydrogen (secondary N) is 1. The van der Waals surface area contributed by atoms with Crippen molar-refractivity contribution in [2.75, 3.05) is 5.32 Å². The molecule has 6 nitrogen and oxygen atoms in total. The van der Waals surface area contributed by atoms with Crippen LogP contribution in [0.4, 0.5) is 5.69 Å². The highest BCUT2D eigenvalue weighted by Crippen LogP contribution is 2.34. The Kier molecular flexibility index (Phi) is 5.45. The molecule has 0 atom stereocenters. The molecule has 0 unspecified atom stereocenters. The van der Waals surface area contributed by atoms with Crippen LogP contribution in [0.3, 0.4) is 0 Å². The molecule has 1 aromatic carbocycles. The predicted octanol–water partition coefficient (Wildman–Crippen LogP) is 5.02. The molecule has 0 fully saturated rings. The van der Waals surface area contributed by atoms with Crippen molar-refractivity contribution < 1.29 is 14.4 Å². The van der Waals surface area contributed by atoms with Gasteiger partial charge in [-0.15, -0.1) is 11.3 Å². The van der Waals surface area contributed by atoms with Gasteiger partial charge in [0.1, 0.15) is 0 Å². The third-order valence-corrected chi connectivity index (χ3v) is 6.37. The zero-order valence-corrected chi connectivity index (χ0v) is 18.7. The van der Waals surface area contributed by atoms with Crippen molar-refractivity contribution in [3.63, 3.8) is 0 Å². The van der Waals surface area contributed by atoms with Gasteiger partial charge in [-0.25, -0.2) is 0 Å². The van der Waals surface area contributed by atoms with Crippen molar-refractivity contribution in [3.8, 4) is 10.4 Å². The fraction of sp³-hybridized carbons (Fsp3) is 0.250. The fourth-order valence-corrected chi connectivity index (χ4v) is 4.33. The molecular formula is C24H23N3O3S. The maximum atomic E-state index is 12.8. The van der Waals surface area contributed by atoms with Crippen LogP contribution in [0.15, 0.2) is 53.9 Å². The Morgan fingerprint density at radius 2 is 2.00 bits per heavy atom. The van der Waals surface area contributed by atoms with Gasteiger partial charge in [0.2, 0.25) is 5.78 Å². The minimum atomic E-state index is -0.946. The zero-order valence-electron chi connectivity index (χ0n) is 17.9. The first-order valence-electron chi connectivity index (χ1n) is 10.1. The van der Waals surface area contributed by atoms with Crippen LogP contribution in [0.25, 0.3) is 10.4 Å². The first-order valence-corrected chi connectivity index (χ1v) is 10.9. The van der Waals surface area contributed by atoms with Crippen LogP contribution < -0.4 is 5.32 Å². The Morgan fingerprint density at radius 1 is 1.19 bits per heavy atom. The van der Waals surface area contributed by atoms with Gasteiger partial charge in [-0.3, -0.25) is 14.6 Å². The highest BCUT2D eigenvalue weighted by Gasteiger charge is 2.40. The van der Waals surface area contributed by atoms with E-state index in [-0.39, 0.29) is 11.7 Å². The lowest BCUT2D eigenvalue weighted by Crippen LogP contribution is -2.33. The van der Waals surface area contributed by atoms with Crippen LogP contribution in [0.5, 0.6) is 0 Å². The van der Waals surface area contributed by atoms with Gasteiger partial charge in [0.25, 0.3) is 5.91 Å². The number of benzene rings is 1. The molecule has 31 heavy (non-hydrogen) atoms. The second-order valence-electron chi connectivity index (χ2n) is 7.90. The largest absolute Gasteiger partial charge is 0.381 e. The van der Waals surface area contributed by atoms with E-state index in [4.69, 9.17) is 4.84 Å². The number of hydrogen-bond donors (Lipinski definition) is 1. The third-order valence-electron chi connectivity index (χ3n) is 5.25. The van der Waals surface area contributed by atoms with Crippen LogP contribution in [0, 0.1) is 6.92 Å². The lowest BCUT2D eigenvalue weighted by atomic mass is 9.93. The molecule has 0 aliphatic carbocycles. The van der Waals surface area contributed by atoms with Gasteiger partial charge in [0.15, 0.2) is 11.3 Å². The number of aryl methyl sites for hydroxylation is 2. The Labute approximate surface area is 185 Å². The summed E-state index contributed by atoms with van der Waals surface area (Å²) in [7, 11) is 0. The maximum absolute atomic E-state index is 12.8. The van der Waals surface area contributed by atoms with Crippen molar-refractivity contribution in [2.24, 2.45) is 5.16 Å². The molecular weight excluding hydrogens is 410 g/mol. The summed E-state index contributed by atoms with van der Waals surface area (Å²) >= 11 is 1.42. The van der Waals surface area contributed by atoms with Gasteiger partial charge < -0.3 is 10.2 Å². The average Bonchev–Trinajstić information content (AvgIpc) is 3.35. The first-order chi connectivity index (χ1) is 14.8. The summed E-state index contributed by atoms with van der Waals surface area (Å²) in [5, 5.41) is 6.96. The van der Waals surface area contributed by atoms with Gasteiger partial charge >= 0.3 is 0 Å². The summed E-state index contributed by atoms with van der Waals surface area (Å²) in [6, 6.07) is 11.4. The molecule has 4 rings (SSSR count). The lowest BCUT2D eigenvalue weighted by Gasteiger charge is -2.12. The van der Waals surface area contributed by atoms with Crippen molar-refractivity contribution >= 4 is 34.4 Å². The second kappa shape index (κ2) is 8.07. The minimum Gasteiger partial charge on any atom is -0.381 e. The van der Waals surface area contributed by atoms with Gasteiger partial charge in [-0.05, 0) is 68.1 Å². The van der Waals surface area contributed by atoms with Crippen LogP contribution in [0.2, 0.25) is 0 Å². The normalized spacial score (nSPS) is 14.8. The zero-order chi connectivity index (χ0) is 22.2. The van der Waals surface area contributed by atoms with Gasteiger partial charge in [0, 0.05) is 28.5 Å². The van der Waals surface area contributed by atoms with Gasteiger partial charge in [-0.1, -0.05) is 24.2 Å². The Morgan fingerprint density at radius 3 is 2.68 bits per heavy atom. The minimum absolute atomic E-state index is 0.137. The maximum Gasteiger partial charge on any atom is 0.265 e. The second-order valence-corrected chi connectivity index (χ2v) is 8.99. The van der Waals surface area contributed by atoms with E-state index in [0.717, 1.165) is 39.2 Å². The summed E-state index contributed by atoms with van der Waals surface area (Å²) in [6.45, 7) is 7.40. The molecule has 2 aromatic heterocycles. The monoisotopic (exact) mass is 433 g/mol. The fourth-order valence-electron chi connectivity index (χ4n) is 3.38. The highest BCUT2D eigenvalue weighted by molar-refractivity contribution is 7.17. The van der Waals surface area contributed by atoms with Crippen molar-refractivity contribution in [1.29, 1.82) is 0 Å². The SMILES string of the molecule is CCc1ccc(C2=NOC(C)(C)C2=O)cc1-c1ccc(C(=O)Nc2ccncc2C)s1. The molecule has 0 spiro atoms. The van der Waals surface area contributed by atoms with E-state index in [1.807, 2.05) is 37.3 Å². The molecule has 1 aliphatic rings. The molecule has 1 aliphatic heterocycles. The summed E-state index contributed by atoms with van der Waals surface area (Å²) in [6.07, 6.45) is 4.19. The summed E-state index contributed by atoms with van der Waals surface area (Å²) in [4.78, 5) is 36.3. The van der Waals surface area contributed by atoms with Crippen molar-refractivity contribution in [2.45, 2.75) is 39.7 Å². The number of pyridine rings is 1. The summed E-state index contributed by atoms with van der Waals surface area (Å²) in [5.74, 6) is -0.299. The predicted molar refractivity (Wildman–Crippen MR) is 123 cm³/mol. The molecule has 7 heteroatoms. The number of rotatable bonds is 5. The molecule has 0 radical (unpaired) electrons. The van der Waals surface area contributed by atoms with Crippen molar-refractivity contribution in [1.82, 2.24) is 4.98 Å². The van der Waals surface area contributed by atoms with Crippen LogP contribution in [-0.2, 0) is 16.1 Å². The molecule has 1 amide bonds. The number of thiophene rings is 1. The number of aromatic nitrogens is 1. The number of oxime groups is 1. The number of ketones is 1. The van der Waals surface area contributed by atoms with E-state index in [1.165, 1.54) is 11.3 Å². The molecule has 0 saturated heterocycles. The molecule has 0 saturated carbocycles. The molecule has 3 heterocycles. The van der Waals surface area contributed by atoms with E-state index in [2.05, 4.69) is 22.4 Å². The smallest absolute Gasteiger partial charge is 0.265 e. The standard InChI is InChI=1S/C24H23N3O3S/c1-5-15-6-7-16(21-22(28)24(3,4)30-27-21)12-17(15)19-8-9-20(31-19)23(29)26-18-10-11-25-13-14(18)2/h6-13H,5H2,1-4H3,(H,25,26,29). The van der Waals surface area contributed by atoms with Crippen LogP contribution in [0.1, 0.15) is 47.1 Å². The number of nitrogens with zero attached hydrogens (tertiary/aromatic N) is 2. The third kappa shape index (κ3) is 4.01. The van der Waals surface area contributed by atoms with Crippen molar-refractivity contribution in [3.05, 3.63) is 70.4 Å². The number of hydrogen-bond acceptors (Lipinski definition) is 6.